The molecular weight excluding hydrogens is 265 g/mol. The van der Waals surface area contributed by atoms with Crippen LogP contribution in [0.5, 0.6) is 0 Å². The first kappa shape index (κ1) is 7.85. The highest BCUT2D eigenvalue weighted by molar-refractivity contribution is 14.1. The van der Waals surface area contributed by atoms with E-state index in [4.69, 9.17) is 5.73 Å². The lowest BCUT2D eigenvalue weighted by molar-refractivity contribution is 1.13. The van der Waals surface area contributed by atoms with Crippen molar-refractivity contribution in [3.63, 3.8) is 0 Å². The number of aromatic nitrogens is 2. The van der Waals surface area contributed by atoms with Gasteiger partial charge in [-0.2, -0.15) is 5.10 Å². The number of hydrogen-bond acceptors (Lipinski definition) is 2. The second-order valence-corrected chi connectivity index (χ2v) is 3.81. The maximum Gasteiger partial charge on any atom is 0.154 e. The topological polar surface area (TPSA) is 54.7 Å². The Hall–Kier alpha value is -0.780. The number of nitrogens with zero attached hydrogens (tertiary/aromatic N) is 1. The van der Waals surface area contributed by atoms with Crippen LogP contribution in [0.4, 0.5) is 5.82 Å². The van der Waals surface area contributed by atoms with Crippen molar-refractivity contribution in [3.05, 3.63) is 21.3 Å². The van der Waals surface area contributed by atoms with Crippen LogP contribution in [0, 0.1) is 10.5 Å². The normalized spacial score (nSPS) is 10.8. The van der Waals surface area contributed by atoms with Gasteiger partial charge in [-0.25, -0.2) is 0 Å². The first-order chi connectivity index (χ1) is 5.70. The highest BCUT2D eigenvalue weighted by Crippen LogP contribution is 2.26. The maximum absolute atomic E-state index is 5.70. The molecule has 0 aliphatic carbocycles. The van der Waals surface area contributed by atoms with Gasteiger partial charge in [0.2, 0.25) is 0 Å². The number of aromatic amines is 1. The Bertz CT molecular complexity index is 433. The van der Waals surface area contributed by atoms with Crippen LogP contribution in [0.2, 0.25) is 0 Å². The third-order valence-electron chi connectivity index (χ3n) is 1.89. The number of H-pyrrole nitrogens is 1. The average molecular weight is 273 g/mol. The molecule has 62 valence electrons. The fourth-order valence-corrected chi connectivity index (χ4v) is 1.95. The summed E-state index contributed by atoms with van der Waals surface area (Å²) < 4.78 is 1.18. The highest BCUT2D eigenvalue weighted by atomic mass is 127. The third-order valence-corrected chi connectivity index (χ3v) is 3.28. The maximum atomic E-state index is 5.70. The summed E-state index contributed by atoms with van der Waals surface area (Å²) in [6.07, 6.45) is 0. The van der Waals surface area contributed by atoms with Crippen molar-refractivity contribution in [1.82, 2.24) is 10.2 Å². The summed E-state index contributed by atoms with van der Waals surface area (Å²) in [5.41, 5.74) is 7.93. The second kappa shape index (κ2) is 2.62. The summed E-state index contributed by atoms with van der Waals surface area (Å²) in [7, 11) is 0. The Labute approximate surface area is 83.5 Å². The lowest BCUT2D eigenvalue weighted by Gasteiger charge is -1.98. The molecule has 0 radical (unpaired) electrons. The summed E-state index contributed by atoms with van der Waals surface area (Å²) in [5, 5.41) is 7.86. The summed E-state index contributed by atoms with van der Waals surface area (Å²) in [5.74, 6) is 0.582. The van der Waals surface area contributed by atoms with Crippen LogP contribution in [0.25, 0.3) is 10.9 Å². The van der Waals surface area contributed by atoms with Gasteiger partial charge in [0, 0.05) is 3.57 Å². The molecule has 3 N–H and O–H groups in total. The van der Waals surface area contributed by atoms with Crippen molar-refractivity contribution >= 4 is 39.3 Å². The molecule has 0 aliphatic heterocycles. The van der Waals surface area contributed by atoms with E-state index in [0.29, 0.717) is 5.82 Å². The SMILES string of the molecule is Cc1ccc2[nH]nc(N)c2c1I. The predicted octanol–water partition coefficient (Wildman–Crippen LogP) is 2.06. The van der Waals surface area contributed by atoms with E-state index in [1.165, 1.54) is 9.13 Å². The molecule has 2 aromatic rings. The highest BCUT2D eigenvalue weighted by Gasteiger charge is 2.07. The summed E-state index contributed by atoms with van der Waals surface area (Å²) >= 11 is 2.28. The molecule has 1 aromatic carbocycles. The molecule has 0 saturated carbocycles. The Morgan fingerprint density at radius 1 is 1.50 bits per heavy atom. The molecule has 0 unspecified atom stereocenters. The van der Waals surface area contributed by atoms with Gasteiger partial charge in [0.05, 0.1) is 10.9 Å². The molecule has 0 fully saturated rings. The molecule has 1 aromatic heterocycles. The molecule has 0 bridgehead atoms. The van der Waals surface area contributed by atoms with Gasteiger partial charge in [0.15, 0.2) is 5.82 Å². The standard InChI is InChI=1S/C8H8IN3/c1-4-2-3-5-6(7(4)9)8(10)12-11-5/h2-3H,1H3,(H3,10,11,12). The first-order valence-electron chi connectivity index (χ1n) is 3.59. The fourth-order valence-electron chi connectivity index (χ4n) is 1.20. The Morgan fingerprint density at radius 2 is 2.25 bits per heavy atom. The van der Waals surface area contributed by atoms with E-state index < -0.39 is 0 Å². The molecule has 0 saturated heterocycles. The van der Waals surface area contributed by atoms with Crippen molar-refractivity contribution < 1.29 is 0 Å². The lowest BCUT2D eigenvalue weighted by atomic mass is 10.2. The van der Waals surface area contributed by atoms with Gasteiger partial charge in [-0.3, -0.25) is 5.10 Å². The molecule has 3 nitrogen and oxygen atoms in total. The predicted molar refractivity (Wildman–Crippen MR) is 58.0 cm³/mol. The van der Waals surface area contributed by atoms with Crippen LogP contribution >= 0.6 is 22.6 Å². The molecular formula is C8H8IN3. The van der Waals surface area contributed by atoms with Crippen LogP contribution in [-0.2, 0) is 0 Å². The minimum Gasteiger partial charge on any atom is -0.382 e. The third kappa shape index (κ3) is 0.979. The van der Waals surface area contributed by atoms with Crippen molar-refractivity contribution in [2.45, 2.75) is 6.92 Å². The van der Waals surface area contributed by atoms with Crippen LogP contribution in [-0.4, -0.2) is 10.2 Å². The van der Waals surface area contributed by atoms with Gasteiger partial charge < -0.3 is 5.73 Å². The van der Waals surface area contributed by atoms with Crippen LogP contribution in [0.15, 0.2) is 12.1 Å². The molecule has 12 heavy (non-hydrogen) atoms. The number of benzene rings is 1. The number of rotatable bonds is 0. The molecule has 0 aliphatic rings. The Morgan fingerprint density at radius 3 is 3.00 bits per heavy atom. The van der Waals surface area contributed by atoms with E-state index in [1.807, 2.05) is 6.07 Å². The van der Waals surface area contributed by atoms with Gasteiger partial charge in [0.1, 0.15) is 0 Å². The zero-order valence-corrected chi connectivity index (χ0v) is 8.71. The van der Waals surface area contributed by atoms with E-state index in [2.05, 4.69) is 45.8 Å². The number of aryl methyl sites for hydroxylation is 1. The van der Waals surface area contributed by atoms with Crippen molar-refractivity contribution in [2.75, 3.05) is 5.73 Å². The largest absolute Gasteiger partial charge is 0.382 e. The lowest BCUT2D eigenvalue weighted by Crippen LogP contribution is -1.87. The van der Waals surface area contributed by atoms with E-state index >= 15 is 0 Å². The molecule has 4 heteroatoms. The van der Waals surface area contributed by atoms with Gasteiger partial charge in [0.25, 0.3) is 0 Å². The van der Waals surface area contributed by atoms with Crippen molar-refractivity contribution in [1.29, 1.82) is 0 Å². The van der Waals surface area contributed by atoms with Crippen LogP contribution < -0.4 is 5.73 Å². The zero-order chi connectivity index (χ0) is 8.72. The monoisotopic (exact) mass is 273 g/mol. The van der Waals surface area contributed by atoms with Crippen molar-refractivity contribution in [3.8, 4) is 0 Å². The number of nitrogens with one attached hydrogen (secondary N) is 1. The smallest absolute Gasteiger partial charge is 0.154 e. The Kier molecular flexibility index (Phi) is 1.71. The Balaban J connectivity index is 2.96. The number of nitrogens with two attached hydrogens (primary N) is 1. The number of nitrogen functional groups attached to an aromatic ring is 1. The molecule has 2 rings (SSSR count). The van der Waals surface area contributed by atoms with E-state index in [9.17, 15) is 0 Å². The van der Waals surface area contributed by atoms with Gasteiger partial charge >= 0.3 is 0 Å². The quantitative estimate of drug-likeness (QED) is 0.722. The zero-order valence-electron chi connectivity index (χ0n) is 6.56. The molecule has 0 atom stereocenters. The van der Waals surface area contributed by atoms with E-state index in [1.54, 1.807) is 0 Å². The number of anilines is 1. The molecule has 1 heterocycles. The molecule has 0 amide bonds. The molecule has 0 spiro atoms. The fraction of sp³-hybridized carbons (Fsp3) is 0.125. The summed E-state index contributed by atoms with van der Waals surface area (Å²) in [4.78, 5) is 0. The average Bonchev–Trinajstić information content (AvgIpc) is 2.41. The first-order valence-corrected chi connectivity index (χ1v) is 4.66. The van der Waals surface area contributed by atoms with Crippen molar-refractivity contribution in [2.24, 2.45) is 0 Å². The van der Waals surface area contributed by atoms with E-state index in [0.717, 1.165) is 10.9 Å². The van der Waals surface area contributed by atoms with Crippen LogP contribution in [0.1, 0.15) is 5.56 Å². The van der Waals surface area contributed by atoms with E-state index in [-0.39, 0.29) is 0 Å². The number of halogens is 1. The number of fused-ring (bicyclic) bond motifs is 1. The van der Waals surface area contributed by atoms with Gasteiger partial charge in [-0.15, -0.1) is 0 Å². The number of hydrogen-bond donors (Lipinski definition) is 2. The van der Waals surface area contributed by atoms with Gasteiger partial charge in [-0.05, 0) is 41.1 Å². The minimum atomic E-state index is 0.582. The summed E-state index contributed by atoms with van der Waals surface area (Å²) in [6, 6.07) is 4.05. The summed E-state index contributed by atoms with van der Waals surface area (Å²) in [6.45, 7) is 2.06. The second-order valence-electron chi connectivity index (χ2n) is 2.73. The van der Waals surface area contributed by atoms with Crippen LogP contribution in [0.3, 0.4) is 0 Å². The minimum absolute atomic E-state index is 0.582. The van der Waals surface area contributed by atoms with Gasteiger partial charge in [-0.1, -0.05) is 6.07 Å².